The lowest BCUT2D eigenvalue weighted by Crippen LogP contribution is -2.32. The number of rotatable bonds is 7. The maximum absolute atomic E-state index is 5.78. The van der Waals surface area contributed by atoms with E-state index in [4.69, 9.17) is 4.74 Å². The molecule has 4 heteroatoms. The highest BCUT2D eigenvalue weighted by molar-refractivity contribution is 5.48. The van der Waals surface area contributed by atoms with Crippen LogP contribution < -0.4 is 20.7 Å². The van der Waals surface area contributed by atoms with E-state index >= 15 is 0 Å². The summed E-state index contributed by atoms with van der Waals surface area (Å²) in [7, 11) is 0. The van der Waals surface area contributed by atoms with Crippen LogP contribution in [0.3, 0.4) is 0 Å². The molecule has 2 aromatic carbocycles. The van der Waals surface area contributed by atoms with Crippen LogP contribution in [0.2, 0.25) is 0 Å². The molecule has 1 fully saturated rings. The lowest BCUT2D eigenvalue weighted by molar-refractivity contribution is 0.369. The predicted molar refractivity (Wildman–Crippen MR) is 99.3 cm³/mol. The summed E-state index contributed by atoms with van der Waals surface area (Å²) in [6.45, 7) is 3.33. The van der Waals surface area contributed by atoms with Crippen LogP contribution in [-0.4, -0.2) is 19.6 Å². The molecule has 1 aliphatic rings. The maximum atomic E-state index is 5.78. The van der Waals surface area contributed by atoms with E-state index in [2.05, 4.69) is 16.0 Å². The minimum Gasteiger partial charge on any atom is -0.457 e. The van der Waals surface area contributed by atoms with Gasteiger partial charge in [-0.25, -0.2) is 0 Å². The van der Waals surface area contributed by atoms with Crippen molar-refractivity contribution in [3.8, 4) is 11.5 Å². The van der Waals surface area contributed by atoms with E-state index in [-0.39, 0.29) is 0 Å². The number of benzene rings is 2. The summed E-state index contributed by atoms with van der Waals surface area (Å²) in [6.07, 6.45) is 6.44. The van der Waals surface area contributed by atoms with Gasteiger partial charge in [0.2, 0.25) is 0 Å². The van der Waals surface area contributed by atoms with Gasteiger partial charge in [0.05, 0.1) is 0 Å². The van der Waals surface area contributed by atoms with E-state index in [1.165, 1.54) is 12.8 Å². The van der Waals surface area contributed by atoms with Crippen molar-refractivity contribution >= 4 is 5.69 Å². The second kappa shape index (κ2) is 8.99. The Morgan fingerprint density at radius 3 is 2.38 bits per heavy atom. The number of hydrogen-bond acceptors (Lipinski definition) is 4. The molecule has 24 heavy (non-hydrogen) atoms. The van der Waals surface area contributed by atoms with Gasteiger partial charge in [-0.05, 0) is 68.2 Å². The van der Waals surface area contributed by atoms with Crippen LogP contribution in [0.15, 0.2) is 67.0 Å². The van der Waals surface area contributed by atoms with Crippen molar-refractivity contribution in [1.29, 1.82) is 0 Å². The smallest absolute Gasteiger partial charge is 0.127 e. The third-order valence-corrected chi connectivity index (χ3v) is 4.15. The largest absolute Gasteiger partial charge is 0.457 e. The van der Waals surface area contributed by atoms with Crippen molar-refractivity contribution in [3.63, 3.8) is 0 Å². The third-order valence-electron chi connectivity index (χ3n) is 4.15. The Kier molecular flexibility index (Phi) is 6.14. The van der Waals surface area contributed by atoms with E-state index in [1.807, 2.05) is 67.0 Å². The summed E-state index contributed by atoms with van der Waals surface area (Å²) in [4.78, 5) is 0. The van der Waals surface area contributed by atoms with Crippen LogP contribution in [-0.2, 0) is 0 Å². The van der Waals surface area contributed by atoms with Crippen molar-refractivity contribution in [2.75, 3.05) is 25.0 Å². The summed E-state index contributed by atoms with van der Waals surface area (Å²) >= 11 is 0. The quantitative estimate of drug-likeness (QED) is 0.722. The average molecular weight is 323 g/mol. The highest BCUT2D eigenvalue weighted by Crippen LogP contribution is 2.22. The van der Waals surface area contributed by atoms with E-state index in [9.17, 15) is 0 Å². The Hall–Kier alpha value is -2.46. The molecule has 4 nitrogen and oxygen atoms in total. The van der Waals surface area contributed by atoms with Crippen LogP contribution in [0.1, 0.15) is 12.8 Å². The maximum Gasteiger partial charge on any atom is 0.127 e. The van der Waals surface area contributed by atoms with Crippen LogP contribution in [0, 0.1) is 5.92 Å². The number of para-hydroxylation sites is 1. The molecule has 0 bridgehead atoms. The molecule has 0 aliphatic carbocycles. The fourth-order valence-corrected chi connectivity index (χ4v) is 2.76. The third kappa shape index (κ3) is 5.32. The molecule has 0 unspecified atom stereocenters. The van der Waals surface area contributed by atoms with Gasteiger partial charge in [-0.1, -0.05) is 18.2 Å². The number of piperidine rings is 1. The summed E-state index contributed by atoms with van der Waals surface area (Å²) in [5.41, 5.74) is 1.04. The minimum absolute atomic E-state index is 0.783. The van der Waals surface area contributed by atoms with Crippen LogP contribution in [0.5, 0.6) is 11.5 Å². The van der Waals surface area contributed by atoms with Gasteiger partial charge < -0.3 is 20.7 Å². The fourth-order valence-electron chi connectivity index (χ4n) is 2.76. The van der Waals surface area contributed by atoms with Gasteiger partial charge in [0.1, 0.15) is 11.5 Å². The fraction of sp³-hybridized carbons (Fsp3) is 0.300. The highest BCUT2D eigenvalue weighted by Gasteiger charge is 2.11. The van der Waals surface area contributed by atoms with Crippen molar-refractivity contribution < 1.29 is 4.74 Å². The summed E-state index contributed by atoms with van der Waals surface area (Å²) < 4.78 is 5.78. The lowest BCUT2D eigenvalue weighted by Gasteiger charge is -2.22. The van der Waals surface area contributed by atoms with Gasteiger partial charge in [-0.3, -0.25) is 0 Å². The summed E-state index contributed by atoms with van der Waals surface area (Å²) in [6, 6.07) is 17.7. The zero-order chi connectivity index (χ0) is 16.5. The molecule has 0 amide bonds. The Morgan fingerprint density at radius 1 is 0.917 bits per heavy atom. The first kappa shape index (κ1) is 16.4. The SMILES string of the molecule is C(=C/Nc1ccc(Oc2ccccc2)cc1)/NCC1CCNCC1. The standard InChI is InChI=1S/C20H25N3O/c1-2-4-19(5-3-1)24-20-8-6-18(7-9-20)23-15-14-22-16-17-10-12-21-13-11-17/h1-9,14-15,17,21-23H,10-13,16H2/b15-14-. The topological polar surface area (TPSA) is 45.3 Å². The highest BCUT2D eigenvalue weighted by atomic mass is 16.5. The summed E-state index contributed by atoms with van der Waals surface area (Å²) in [5, 5.41) is 10.0. The molecule has 0 saturated carbocycles. The number of hydrogen-bond donors (Lipinski definition) is 3. The van der Waals surface area contributed by atoms with Gasteiger partial charge in [0, 0.05) is 24.6 Å². The monoisotopic (exact) mass is 323 g/mol. The van der Waals surface area contributed by atoms with Gasteiger partial charge in [0.25, 0.3) is 0 Å². The Labute approximate surface area is 143 Å². The molecule has 1 heterocycles. The molecule has 1 aliphatic heterocycles. The zero-order valence-corrected chi connectivity index (χ0v) is 13.9. The van der Waals surface area contributed by atoms with Gasteiger partial charge in [0.15, 0.2) is 0 Å². The lowest BCUT2D eigenvalue weighted by atomic mass is 9.98. The first-order chi connectivity index (χ1) is 11.9. The molecular formula is C20H25N3O. The van der Waals surface area contributed by atoms with Crippen LogP contribution in [0.25, 0.3) is 0 Å². The minimum atomic E-state index is 0.783. The molecule has 3 rings (SSSR count). The molecule has 126 valence electrons. The van der Waals surface area contributed by atoms with E-state index < -0.39 is 0 Å². The van der Waals surface area contributed by atoms with Crippen LogP contribution in [0.4, 0.5) is 5.69 Å². The number of ether oxygens (including phenoxy) is 1. The second-order valence-corrected chi connectivity index (χ2v) is 6.02. The molecule has 0 spiro atoms. The van der Waals surface area contributed by atoms with Crippen molar-refractivity contribution in [1.82, 2.24) is 10.6 Å². The Morgan fingerprint density at radius 2 is 1.62 bits per heavy atom. The van der Waals surface area contributed by atoms with Crippen molar-refractivity contribution in [2.24, 2.45) is 5.92 Å². The first-order valence-electron chi connectivity index (χ1n) is 8.59. The van der Waals surface area contributed by atoms with Crippen molar-refractivity contribution in [2.45, 2.75) is 12.8 Å². The molecule has 0 atom stereocenters. The van der Waals surface area contributed by atoms with Gasteiger partial charge in [-0.15, -0.1) is 0 Å². The van der Waals surface area contributed by atoms with E-state index in [0.717, 1.165) is 42.7 Å². The molecule has 1 saturated heterocycles. The molecule has 3 N–H and O–H groups in total. The van der Waals surface area contributed by atoms with E-state index in [0.29, 0.717) is 0 Å². The average Bonchev–Trinajstić information content (AvgIpc) is 2.65. The Balaban J connectivity index is 1.40. The zero-order valence-electron chi connectivity index (χ0n) is 13.9. The normalized spacial score (nSPS) is 15.3. The van der Waals surface area contributed by atoms with E-state index in [1.54, 1.807) is 0 Å². The summed E-state index contributed by atoms with van der Waals surface area (Å²) in [5.74, 6) is 2.46. The molecule has 2 aromatic rings. The molecule has 0 aromatic heterocycles. The number of anilines is 1. The van der Waals surface area contributed by atoms with Crippen molar-refractivity contribution in [3.05, 3.63) is 67.0 Å². The first-order valence-corrected chi connectivity index (χ1v) is 8.59. The number of nitrogens with one attached hydrogen (secondary N) is 3. The van der Waals surface area contributed by atoms with Gasteiger partial charge >= 0.3 is 0 Å². The molecular weight excluding hydrogens is 298 g/mol. The predicted octanol–water partition coefficient (Wildman–Crippen LogP) is 3.95. The van der Waals surface area contributed by atoms with Gasteiger partial charge in [-0.2, -0.15) is 0 Å². The van der Waals surface area contributed by atoms with Crippen LogP contribution >= 0.6 is 0 Å². The molecule has 0 radical (unpaired) electrons. The Bertz CT molecular complexity index is 619. The second-order valence-electron chi connectivity index (χ2n) is 6.02.